The monoisotopic (exact) mass is 341 g/mol. The molecule has 1 amide bonds. The van der Waals surface area contributed by atoms with E-state index in [2.05, 4.69) is 15.3 Å². The number of imidazole rings is 1. The lowest BCUT2D eigenvalue weighted by atomic mass is 9.88. The first-order valence-corrected chi connectivity index (χ1v) is 8.47. The fourth-order valence-electron chi connectivity index (χ4n) is 3.26. The van der Waals surface area contributed by atoms with Gasteiger partial charge in [0.05, 0.1) is 12.8 Å². The van der Waals surface area contributed by atoms with Gasteiger partial charge in [-0.05, 0) is 32.3 Å². The molecule has 6 nitrogen and oxygen atoms in total. The Morgan fingerprint density at radius 2 is 2.00 bits per heavy atom. The first-order chi connectivity index (χ1) is 12.0. The average Bonchev–Trinajstić information content (AvgIpc) is 2.98. The number of ether oxygens (including phenoxy) is 1. The van der Waals surface area contributed by atoms with Crippen LogP contribution in [0.25, 0.3) is 0 Å². The quantitative estimate of drug-likeness (QED) is 0.835. The summed E-state index contributed by atoms with van der Waals surface area (Å²) in [5.41, 5.74) is 3.88. The zero-order chi connectivity index (χ0) is 18.0. The van der Waals surface area contributed by atoms with E-state index < -0.39 is 12.0 Å². The lowest BCUT2D eigenvalue weighted by Crippen LogP contribution is -2.40. The Hall–Kier alpha value is -2.63. The third kappa shape index (κ3) is 3.73. The van der Waals surface area contributed by atoms with Crippen LogP contribution in [0.15, 0.2) is 24.3 Å². The Balaban J connectivity index is 1.74. The van der Waals surface area contributed by atoms with Crippen LogP contribution in [-0.4, -0.2) is 29.0 Å². The standard InChI is InChI=1S/C19H23N3O3/c1-11-4-6-13(7-5-11)17(19(24)25-3)22-18(23)14-8-9-15-16(10-14)21-12(2)20-15/h4-7,14,17H,8-10H2,1-3H3,(H,20,21)(H,22,23). The van der Waals surface area contributed by atoms with Crippen LogP contribution in [0.5, 0.6) is 0 Å². The number of methoxy groups -OCH3 is 1. The molecular formula is C19H23N3O3. The molecule has 2 N–H and O–H groups in total. The second-order valence-electron chi connectivity index (χ2n) is 6.56. The summed E-state index contributed by atoms with van der Waals surface area (Å²) in [5, 5.41) is 2.86. The summed E-state index contributed by atoms with van der Waals surface area (Å²) in [6.45, 7) is 3.89. The Morgan fingerprint density at radius 3 is 2.68 bits per heavy atom. The maximum Gasteiger partial charge on any atom is 0.333 e. The van der Waals surface area contributed by atoms with Crippen molar-refractivity contribution < 1.29 is 14.3 Å². The highest BCUT2D eigenvalue weighted by atomic mass is 16.5. The van der Waals surface area contributed by atoms with Crippen LogP contribution >= 0.6 is 0 Å². The first kappa shape index (κ1) is 17.2. The van der Waals surface area contributed by atoms with E-state index in [1.165, 1.54) is 7.11 Å². The van der Waals surface area contributed by atoms with E-state index in [-0.39, 0.29) is 11.8 Å². The Kier molecular flexibility index (Phi) is 4.88. The van der Waals surface area contributed by atoms with Gasteiger partial charge in [-0.25, -0.2) is 9.78 Å². The smallest absolute Gasteiger partial charge is 0.333 e. The molecule has 1 aliphatic carbocycles. The van der Waals surface area contributed by atoms with E-state index in [1.807, 2.05) is 38.1 Å². The van der Waals surface area contributed by atoms with Crippen molar-refractivity contribution in [2.75, 3.05) is 7.11 Å². The molecule has 2 aromatic rings. The number of benzene rings is 1. The molecule has 0 spiro atoms. The molecule has 1 aromatic carbocycles. The molecule has 25 heavy (non-hydrogen) atoms. The van der Waals surface area contributed by atoms with Crippen molar-refractivity contribution in [1.82, 2.24) is 15.3 Å². The number of hydrogen-bond donors (Lipinski definition) is 2. The molecule has 0 fully saturated rings. The van der Waals surface area contributed by atoms with Crippen molar-refractivity contribution in [3.8, 4) is 0 Å². The zero-order valence-corrected chi connectivity index (χ0v) is 14.8. The number of aromatic amines is 1. The Labute approximate surface area is 147 Å². The van der Waals surface area contributed by atoms with Gasteiger partial charge in [0.25, 0.3) is 0 Å². The van der Waals surface area contributed by atoms with Gasteiger partial charge in [0.15, 0.2) is 6.04 Å². The minimum Gasteiger partial charge on any atom is -0.467 e. The number of hydrogen-bond acceptors (Lipinski definition) is 4. The zero-order valence-electron chi connectivity index (χ0n) is 14.8. The second-order valence-corrected chi connectivity index (χ2v) is 6.56. The van der Waals surface area contributed by atoms with Gasteiger partial charge >= 0.3 is 5.97 Å². The average molecular weight is 341 g/mol. The number of nitrogens with zero attached hydrogens (tertiary/aromatic N) is 1. The topological polar surface area (TPSA) is 84.1 Å². The summed E-state index contributed by atoms with van der Waals surface area (Å²) in [7, 11) is 1.33. The fourth-order valence-corrected chi connectivity index (χ4v) is 3.26. The largest absolute Gasteiger partial charge is 0.467 e. The molecule has 1 aromatic heterocycles. The molecule has 0 saturated carbocycles. The van der Waals surface area contributed by atoms with E-state index >= 15 is 0 Å². The number of fused-ring (bicyclic) bond motifs is 1. The number of rotatable bonds is 4. The molecule has 3 rings (SSSR count). The highest BCUT2D eigenvalue weighted by Gasteiger charge is 2.31. The highest BCUT2D eigenvalue weighted by molar-refractivity contribution is 5.86. The fraction of sp³-hybridized carbons (Fsp3) is 0.421. The van der Waals surface area contributed by atoms with Crippen LogP contribution in [0, 0.1) is 19.8 Å². The SMILES string of the molecule is COC(=O)C(NC(=O)C1CCc2nc(C)[nH]c2C1)c1ccc(C)cc1. The highest BCUT2D eigenvalue weighted by Crippen LogP contribution is 2.25. The molecule has 0 bridgehead atoms. The summed E-state index contributed by atoms with van der Waals surface area (Å²) < 4.78 is 4.87. The van der Waals surface area contributed by atoms with E-state index in [0.717, 1.165) is 41.2 Å². The predicted octanol–water partition coefficient (Wildman–Crippen LogP) is 2.16. The van der Waals surface area contributed by atoms with Crippen molar-refractivity contribution in [3.05, 3.63) is 52.6 Å². The van der Waals surface area contributed by atoms with Gasteiger partial charge in [-0.1, -0.05) is 29.8 Å². The molecule has 6 heteroatoms. The van der Waals surface area contributed by atoms with Gasteiger partial charge in [0.1, 0.15) is 5.82 Å². The van der Waals surface area contributed by atoms with E-state index in [0.29, 0.717) is 6.42 Å². The lowest BCUT2D eigenvalue weighted by Gasteiger charge is -2.24. The molecule has 2 unspecified atom stereocenters. The van der Waals surface area contributed by atoms with Crippen molar-refractivity contribution in [2.45, 2.75) is 39.2 Å². The lowest BCUT2D eigenvalue weighted by molar-refractivity contribution is -0.145. The normalized spacial score (nSPS) is 17.5. The summed E-state index contributed by atoms with van der Waals surface area (Å²) >= 11 is 0. The first-order valence-electron chi connectivity index (χ1n) is 8.47. The van der Waals surface area contributed by atoms with Crippen LogP contribution in [0.1, 0.15) is 40.8 Å². The predicted molar refractivity (Wildman–Crippen MR) is 92.9 cm³/mol. The van der Waals surface area contributed by atoms with Crippen LogP contribution in [0.4, 0.5) is 0 Å². The van der Waals surface area contributed by atoms with E-state index in [4.69, 9.17) is 4.74 Å². The summed E-state index contributed by atoms with van der Waals surface area (Å²) in [6.07, 6.45) is 2.11. The number of carbonyl (C=O) groups excluding carboxylic acids is 2. The van der Waals surface area contributed by atoms with Gasteiger partial charge in [-0.15, -0.1) is 0 Å². The molecule has 0 saturated heterocycles. The van der Waals surface area contributed by atoms with Crippen LogP contribution in [0.2, 0.25) is 0 Å². The van der Waals surface area contributed by atoms with Crippen LogP contribution in [-0.2, 0) is 27.2 Å². The van der Waals surface area contributed by atoms with Crippen LogP contribution in [0.3, 0.4) is 0 Å². The van der Waals surface area contributed by atoms with Gasteiger partial charge in [-0.3, -0.25) is 4.79 Å². The molecule has 2 atom stereocenters. The number of nitrogens with one attached hydrogen (secondary N) is 2. The number of amides is 1. The number of esters is 1. The number of aromatic nitrogens is 2. The Morgan fingerprint density at radius 1 is 1.28 bits per heavy atom. The van der Waals surface area contributed by atoms with Crippen molar-refractivity contribution >= 4 is 11.9 Å². The van der Waals surface area contributed by atoms with Crippen LogP contribution < -0.4 is 5.32 Å². The minimum absolute atomic E-state index is 0.131. The third-order valence-electron chi connectivity index (χ3n) is 4.67. The molecular weight excluding hydrogens is 318 g/mol. The maximum absolute atomic E-state index is 12.7. The Bertz CT molecular complexity index is 780. The molecule has 1 heterocycles. The summed E-state index contributed by atoms with van der Waals surface area (Å²) in [4.78, 5) is 32.6. The second kappa shape index (κ2) is 7.09. The number of aryl methyl sites for hydroxylation is 3. The van der Waals surface area contributed by atoms with Gasteiger partial charge in [0, 0.05) is 18.0 Å². The van der Waals surface area contributed by atoms with E-state index in [9.17, 15) is 9.59 Å². The summed E-state index contributed by atoms with van der Waals surface area (Å²) in [6, 6.07) is 6.72. The molecule has 0 radical (unpaired) electrons. The summed E-state index contributed by atoms with van der Waals surface area (Å²) in [5.74, 6) is 0.100. The van der Waals surface area contributed by atoms with Crippen molar-refractivity contribution in [1.29, 1.82) is 0 Å². The van der Waals surface area contributed by atoms with Gasteiger partial charge < -0.3 is 15.0 Å². The van der Waals surface area contributed by atoms with Gasteiger partial charge in [0.2, 0.25) is 5.91 Å². The number of carbonyl (C=O) groups is 2. The molecule has 0 aliphatic heterocycles. The molecule has 1 aliphatic rings. The minimum atomic E-state index is -0.789. The van der Waals surface area contributed by atoms with E-state index in [1.54, 1.807) is 0 Å². The number of H-pyrrole nitrogens is 1. The maximum atomic E-state index is 12.7. The van der Waals surface area contributed by atoms with Gasteiger partial charge in [-0.2, -0.15) is 0 Å². The van der Waals surface area contributed by atoms with Crippen molar-refractivity contribution in [3.63, 3.8) is 0 Å². The molecule has 132 valence electrons. The van der Waals surface area contributed by atoms with Crippen molar-refractivity contribution in [2.24, 2.45) is 5.92 Å². The third-order valence-corrected chi connectivity index (χ3v) is 4.67.